The second kappa shape index (κ2) is 5.88. The lowest BCUT2D eigenvalue weighted by atomic mass is 10.1. The van der Waals surface area contributed by atoms with Crippen LogP contribution in [-0.4, -0.2) is 28.4 Å². The molecule has 21 heavy (non-hydrogen) atoms. The summed E-state index contributed by atoms with van der Waals surface area (Å²) in [5, 5.41) is 0. The van der Waals surface area contributed by atoms with Crippen molar-refractivity contribution in [1.29, 1.82) is 0 Å². The van der Waals surface area contributed by atoms with Gasteiger partial charge in [-0.25, -0.2) is 4.79 Å². The van der Waals surface area contributed by atoms with E-state index in [1.165, 1.54) is 0 Å². The molecule has 1 aliphatic rings. The number of hydrogen-bond acceptors (Lipinski definition) is 3. The van der Waals surface area contributed by atoms with E-state index in [2.05, 4.69) is 0 Å². The fourth-order valence-electron chi connectivity index (χ4n) is 2.52. The summed E-state index contributed by atoms with van der Waals surface area (Å²) in [6.45, 7) is 8.00. The van der Waals surface area contributed by atoms with E-state index in [0.29, 0.717) is 19.4 Å². The Hall–Kier alpha value is -1.84. The van der Waals surface area contributed by atoms with Crippen molar-refractivity contribution in [2.45, 2.75) is 58.7 Å². The average molecular weight is 289 g/mol. The Balaban J connectivity index is 2.14. The van der Waals surface area contributed by atoms with E-state index in [4.69, 9.17) is 4.74 Å². The third-order valence-electron chi connectivity index (χ3n) is 3.61. The van der Waals surface area contributed by atoms with Gasteiger partial charge in [0.05, 0.1) is 0 Å². The maximum Gasteiger partial charge on any atom is 0.329 e. The molecule has 4 heteroatoms. The first-order valence-corrected chi connectivity index (χ1v) is 7.35. The fraction of sp³-hybridized carbons (Fsp3) is 0.529. The molecule has 1 heterocycles. The van der Waals surface area contributed by atoms with Crippen molar-refractivity contribution in [2.24, 2.45) is 0 Å². The summed E-state index contributed by atoms with van der Waals surface area (Å²) in [6.07, 6.45) is 0.954. The monoisotopic (exact) mass is 289 g/mol. The van der Waals surface area contributed by atoms with E-state index in [0.717, 1.165) is 11.1 Å². The molecule has 114 valence electrons. The van der Waals surface area contributed by atoms with Gasteiger partial charge in [-0.2, -0.15) is 0 Å². The van der Waals surface area contributed by atoms with Crippen molar-refractivity contribution in [3.63, 3.8) is 0 Å². The molecule has 0 bridgehead atoms. The fourth-order valence-corrected chi connectivity index (χ4v) is 2.52. The lowest BCUT2D eigenvalue weighted by Gasteiger charge is -2.28. The number of likely N-dealkylation sites (tertiary alicyclic amines) is 1. The molecule has 1 atom stereocenters. The number of nitrogens with zero attached hydrogens (tertiary/aromatic N) is 1. The molecule has 0 aromatic heterocycles. The van der Waals surface area contributed by atoms with Gasteiger partial charge in [-0.05, 0) is 45.2 Å². The van der Waals surface area contributed by atoms with Crippen LogP contribution in [0.5, 0.6) is 0 Å². The summed E-state index contributed by atoms with van der Waals surface area (Å²) in [5.74, 6) is -0.281. The topological polar surface area (TPSA) is 46.6 Å². The van der Waals surface area contributed by atoms with Gasteiger partial charge in [0.2, 0.25) is 5.91 Å². The zero-order valence-corrected chi connectivity index (χ0v) is 13.2. The van der Waals surface area contributed by atoms with Gasteiger partial charge < -0.3 is 9.64 Å². The molecular weight excluding hydrogens is 266 g/mol. The third-order valence-corrected chi connectivity index (χ3v) is 3.61. The molecule has 1 aromatic carbocycles. The van der Waals surface area contributed by atoms with E-state index < -0.39 is 11.6 Å². The quantitative estimate of drug-likeness (QED) is 0.804. The predicted molar refractivity (Wildman–Crippen MR) is 80.6 cm³/mol. The van der Waals surface area contributed by atoms with Gasteiger partial charge in [0.1, 0.15) is 11.6 Å². The number of carbonyl (C=O) groups excluding carboxylic acids is 2. The van der Waals surface area contributed by atoms with Crippen molar-refractivity contribution in [2.75, 3.05) is 0 Å². The molecule has 1 aromatic rings. The Morgan fingerprint density at radius 2 is 2.00 bits per heavy atom. The molecule has 1 amide bonds. The van der Waals surface area contributed by atoms with Crippen LogP contribution in [0, 0.1) is 6.92 Å². The lowest BCUT2D eigenvalue weighted by molar-refractivity contribution is -0.162. The highest BCUT2D eigenvalue weighted by Gasteiger charge is 2.38. The van der Waals surface area contributed by atoms with E-state index in [1.54, 1.807) is 4.90 Å². The minimum Gasteiger partial charge on any atom is -0.458 e. The van der Waals surface area contributed by atoms with Crippen molar-refractivity contribution in [3.05, 3.63) is 35.4 Å². The van der Waals surface area contributed by atoms with Crippen LogP contribution in [0.3, 0.4) is 0 Å². The first kappa shape index (κ1) is 15.5. The van der Waals surface area contributed by atoms with Crippen molar-refractivity contribution in [3.8, 4) is 0 Å². The average Bonchev–Trinajstić information content (AvgIpc) is 2.72. The van der Waals surface area contributed by atoms with Crippen LogP contribution in [0.25, 0.3) is 0 Å². The van der Waals surface area contributed by atoms with E-state index in [-0.39, 0.29) is 11.9 Å². The number of hydrogen-bond donors (Lipinski definition) is 0. The van der Waals surface area contributed by atoms with Gasteiger partial charge in [0.25, 0.3) is 0 Å². The Bertz CT molecular complexity index is 545. The standard InChI is InChI=1S/C17H23NO3/c1-12-7-5-6-8-13(12)11-18-14(9-10-15(18)19)16(20)21-17(2,3)4/h5-8,14H,9-11H2,1-4H3/t14-/m0/s1. The minimum atomic E-state index is -0.531. The predicted octanol–water partition coefficient (Wildman–Crippen LogP) is 2.83. The molecule has 1 aliphatic heterocycles. The molecule has 0 aliphatic carbocycles. The molecule has 2 rings (SSSR count). The van der Waals surface area contributed by atoms with E-state index >= 15 is 0 Å². The maximum absolute atomic E-state index is 12.3. The van der Waals surface area contributed by atoms with Crippen molar-refractivity contribution >= 4 is 11.9 Å². The SMILES string of the molecule is Cc1ccccc1CN1C(=O)CC[C@H]1C(=O)OC(C)(C)C. The number of aryl methyl sites for hydroxylation is 1. The van der Waals surface area contributed by atoms with Gasteiger partial charge in [0.15, 0.2) is 0 Å². The molecule has 0 saturated carbocycles. The first-order chi connectivity index (χ1) is 9.78. The minimum absolute atomic E-state index is 0.0223. The maximum atomic E-state index is 12.3. The highest BCUT2D eigenvalue weighted by Crippen LogP contribution is 2.25. The number of ether oxygens (including phenoxy) is 1. The van der Waals surface area contributed by atoms with Gasteiger partial charge >= 0.3 is 5.97 Å². The lowest BCUT2D eigenvalue weighted by Crippen LogP contribution is -2.41. The molecule has 0 spiro atoms. The highest BCUT2D eigenvalue weighted by atomic mass is 16.6. The number of benzene rings is 1. The van der Waals surface area contributed by atoms with Crippen molar-refractivity contribution in [1.82, 2.24) is 4.90 Å². The molecule has 0 radical (unpaired) electrons. The summed E-state index contributed by atoms with van der Waals surface area (Å²) in [6, 6.07) is 7.46. The number of esters is 1. The zero-order chi connectivity index (χ0) is 15.6. The molecule has 1 fully saturated rings. The Morgan fingerprint density at radius 3 is 2.62 bits per heavy atom. The summed E-state index contributed by atoms with van der Waals surface area (Å²) in [4.78, 5) is 26.0. The number of amides is 1. The van der Waals surface area contributed by atoms with Crippen LogP contribution >= 0.6 is 0 Å². The van der Waals surface area contributed by atoms with Crippen LogP contribution in [0.1, 0.15) is 44.7 Å². The molecule has 4 nitrogen and oxygen atoms in total. The highest BCUT2D eigenvalue weighted by molar-refractivity contribution is 5.88. The van der Waals surface area contributed by atoms with Gasteiger partial charge in [-0.15, -0.1) is 0 Å². The smallest absolute Gasteiger partial charge is 0.329 e. The first-order valence-electron chi connectivity index (χ1n) is 7.35. The van der Waals surface area contributed by atoms with Crippen LogP contribution in [0.15, 0.2) is 24.3 Å². The van der Waals surface area contributed by atoms with Crippen LogP contribution in [-0.2, 0) is 20.9 Å². The van der Waals surface area contributed by atoms with Crippen LogP contribution in [0.2, 0.25) is 0 Å². The van der Waals surface area contributed by atoms with Crippen molar-refractivity contribution < 1.29 is 14.3 Å². The van der Waals surface area contributed by atoms with Gasteiger partial charge in [0, 0.05) is 13.0 Å². The van der Waals surface area contributed by atoms with Gasteiger partial charge in [-0.3, -0.25) is 4.79 Å². The Kier molecular flexibility index (Phi) is 4.35. The molecule has 0 unspecified atom stereocenters. The summed E-state index contributed by atoms with van der Waals surface area (Å²) in [5.41, 5.74) is 1.67. The second-order valence-electron chi connectivity index (χ2n) is 6.54. The summed E-state index contributed by atoms with van der Waals surface area (Å²) >= 11 is 0. The third kappa shape index (κ3) is 3.84. The van der Waals surface area contributed by atoms with Crippen LogP contribution in [0.4, 0.5) is 0 Å². The largest absolute Gasteiger partial charge is 0.458 e. The van der Waals surface area contributed by atoms with Gasteiger partial charge in [-0.1, -0.05) is 24.3 Å². The molecule has 0 N–H and O–H groups in total. The number of rotatable bonds is 3. The zero-order valence-electron chi connectivity index (χ0n) is 13.2. The second-order valence-corrected chi connectivity index (χ2v) is 6.54. The van der Waals surface area contributed by atoms with Crippen LogP contribution < -0.4 is 0 Å². The summed E-state index contributed by atoms with van der Waals surface area (Å²) < 4.78 is 5.44. The summed E-state index contributed by atoms with van der Waals surface area (Å²) in [7, 11) is 0. The van der Waals surface area contributed by atoms with E-state index in [1.807, 2.05) is 52.0 Å². The molecular formula is C17H23NO3. The Morgan fingerprint density at radius 1 is 1.33 bits per heavy atom. The van der Waals surface area contributed by atoms with E-state index in [9.17, 15) is 9.59 Å². The number of carbonyl (C=O) groups is 2. The Labute approximate surface area is 126 Å². The molecule has 1 saturated heterocycles. The normalized spacial score (nSPS) is 19.0.